The molecule has 0 aliphatic rings. The molecule has 0 radical (unpaired) electrons. The van der Waals surface area contributed by atoms with Gasteiger partial charge >= 0.3 is 5.97 Å². The monoisotopic (exact) mass is 259 g/mol. The van der Waals surface area contributed by atoms with Gasteiger partial charge in [0.2, 0.25) is 0 Å². The summed E-state index contributed by atoms with van der Waals surface area (Å²) >= 11 is 4.55. The zero-order chi connectivity index (χ0) is 9.68. The summed E-state index contributed by atoms with van der Waals surface area (Å²) in [4.78, 5) is 14.2. The first-order valence-electron chi connectivity index (χ1n) is 3.37. The topological polar surface area (TPSA) is 50.2 Å². The molecule has 0 aliphatic carbocycles. The van der Waals surface area contributed by atoms with Crippen molar-refractivity contribution in [1.82, 2.24) is 4.98 Å². The van der Waals surface area contributed by atoms with Gasteiger partial charge in [-0.1, -0.05) is 11.8 Å². The molecule has 0 atom stereocenters. The third kappa shape index (κ3) is 3.61. The van der Waals surface area contributed by atoms with Crippen LogP contribution in [0.3, 0.4) is 0 Å². The number of aliphatic carboxylic acids is 1. The number of rotatable bonds is 3. The van der Waals surface area contributed by atoms with Crippen LogP contribution in [-0.2, 0) is 4.79 Å². The summed E-state index contributed by atoms with van der Waals surface area (Å²) in [6.07, 6.45) is 2.73. The highest BCUT2D eigenvalue weighted by atomic mass is 79.9. The standard InChI is InChI=1S/C8H6BrNO2S/c9-6-2-1-4-10-8(6)13-5-3-7(11)12/h1-5H,(H,11,12). The van der Waals surface area contributed by atoms with Crippen molar-refractivity contribution in [2.24, 2.45) is 0 Å². The van der Waals surface area contributed by atoms with Crippen LogP contribution in [-0.4, -0.2) is 16.1 Å². The number of carboxylic acids is 1. The largest absolute Gasteiger partial charge is 0.478 e. The zero-order valence-electron chi connectivity index (χ0n) is 6.48. The second-order valence-corrected chi connectivity index (χ2v) is 3.80. The molecule has 1 aromatic heterocycles. The maximum atomic E-state index is 10.1. The first kappa shape index (κ1) is 10.3. The Balaban J connectivity index is 2.64. The molecule has 0 aromatic carbocycles. The SMILES string of the molecule is O=C(O)C=CSc1ncccc1Br. The smallest absolute Gasteiger partial charge is 0.328 e. The number of halogens is 1. The zero-order valence-corrected chi connectivity index (χ0v) is 8.88. The van der Waals surface area contributed by atoms with E-state index < -0.39 is 5.97 Å². The minimum Gasteiger partial charge on any atom is -0.478 e. The Bertz CT molecular complexity index is 341. The van der Waals surface area contributed by atoms with Crippen molar-refractivity contribution in [3.8, 4) is 0 Å². The van der Waals surface area contributed by atoms with Crippen molar-refractivity contribution in [3.05, 3.63) is 34.3 Å². The Hall–Kier alpha value is -0.810. The number of carbonyl (C=O) groups is 1. The molecule has 0 fully saturated rings. The quantitative estimate of drug-likeness (QED) is 0.670. The molecule has 0 bridgehead atoms. The normalized spacial score (nSPS) is 10.5. The molecule has 0 amide bonds. The fraction of sp³-hybridized carbons (Fsp3) is 0. The van der Waals surface area contributed by atoms with Gasteiger partial charge in [-0.05, 0) is 33.5 Å². The molecule has 1 rings (SSSR count). The summed E-state index contributed by atoms with van der Waals surface area (Å²) in [7, 11) is 0. The molecule has 13 heavy (non-hydrogen) atoms. The molecule has 1 heterocycles. The summed E-state index contributed by atoms with van der Waals surface area (Å²) in [6, 6.07) is 3.65. The van der Waals surface area contributed by atoms with Crippen LogP contribution >= 0.6 is 27.7 Å². The number of thioether (sulfide) groups is 1. The van der Waals surface area contributed by atoms with Crippen LogP contribution < -0.4 is 0 Å². The lowest BCUT2D eigenvalue weighted by molar-refractivity contribution is -0.131. The minimum atomic E-state index is -0.959. The molecule has 0 saturated heterocycles. The van der Waals surface area contributed by atoms with Crippen LogP contribution in [0.2, 0.25) is 0 Å². The van der Waals surface area contributed by atoms with Crippen LogP contribution in [0.1, 0.15) is 0 Å². The van der Waals surface area contributed by atoms with Crippen LogP contribution in [0.15, 0.2) is 39.3 Å². The van der Waals surface area contributed by atoms with E-state index in [1.165, 1.54) is 17.2 Å². The van der Waals surface area contributed by atoms with Gasteiger partial charge in [-0.25, -0.2) is 9.78 Å². The van der Waals surface area contributed by atoms with E-state index in [-0.39, 0.29) is 0 Å². The van der Waals surface area contributed by atoms with Gasteiger partial charge in [0, 0.05) is 12.3 Å². The minimum absolute atomic E-state index is 0.750. The Morgan fingerprint density at radius 3 is 3.08 bits per heavy atom. The average molecular weight is 260 g/mol. The van der Waals surface area contributed by atoms with E-state index in [2.05, 4.69) is 20.9 Å². The molecule has 1 aromatic rings. The summed E-state index contributed by atoms with van der Waals surface area (Å²) in [6.45, 7) is 0. The van der Waals surface area contributed by atoms with Gasteiger partial charge in [-0.2, -0.15) is 0 Å². The highest BCUT2D eigenvalue weighted by molar-refractivity contribution is 9.10. The van der Waals surface area contributed by atoms with Gasteiger partial charge in [0.1, 0.15) is 5.03 Å². The Kier molecular flexibility index (Phi) is 3.98. The molecule has 68 valence electrons. The van der Waals surface area contributed by atoms with Crippen molar-refractivity contribution >= 4 is 33.7 Å². The lowest BCUT2D eigenvalue weighted by atomic mass is 10.5. The highest BCUT2D eigenvalue weighted by Gasteiger charge is 1.97. The predicted molar refractivity (Wildman–Crippen MR) is 54.6 cm³/mol. The summed E-state index contributed by atoms with van der Waals surface area (Å²) in [5, 5.41) is 10.6. The Morgan fingerprint density at radius 2 is 2.46 bits per heavy atom. The second-order valence-electron chi connectivity index (χ2n) is 2.05. The van der Waals surface area contributed by atoms with Gasteiger partial charge < -0.3 is 5.11 Å². The lowest BCUT2D eigenvalue weighted by Crippen LogP contribution is -1.84. The Morgan fingerprint density at radius 1 is 1.69 bits per heavy atom. The molecule has 3 nitrogen and oxygen atoms in total. The van der Waals surface area contributed by atoms with Crippen molar-refractivity contribution < 1.29 is 9.90 Å². The van der Waals surface area contributed by atoms with Gasteiger partial charge in [0.05, 0.1) is 4.47 Å². The van der Waals surface area contributed by atoms with Crippen LogP contribution in [0.4, 0.5) is 0 Å². The van der Waals surface area contributed by atoms with Crippen molar-refractivity contribution in [1.29, 1.82) is 0 Å². The van der Waals surface area contributed by atoms with Gasteiger partial charge in [0.15, 0.2) is 0 Å². The molecule has 0 saturated carbocycles. The third-order valence-electron chi connectivity index (χ3n) is 1.12. The number of aromatic nitrogens is 1. The summed E-state index contributed by atoms with van der Waals surface area (Å²) in [5.41, 5.74) is 0. The molecule has 0 unspecified atom stereocenters. The summed E-state index contributed by atoms with van der Waals surface area (Å²) in [5.74, 6) is -0.959. The molecular formula is C8H6BrNO2S. The van der Waals surface area contributed by atoms with Crippen molar-refractivity contribution in [2.45, 2.75) is 5.03 Å². The highest BCUT2D eigenvalue weighted by Crippen LogP contribution is 2.24. The number of hydrogen-bond donors (Lipinski definition) is 1. The molecule has 1 N–H and O–H groups in total. The van der Waals surface area contributed by atoms with E-state index in [0.29, 0.717) is 0 Å². The first-order valence-corrected chi connectivity index (χ1v) is 5.04. The van der Waals surface area contributed by atoms with E-state index in [0.717, 1.165) is 15.6 Å². The number of pyridine rings is 1. The summed E-state index contributed by atoms with van der Waals surface area (Å²) < 4.78 is 0.857. The number of carboxylic acid groups (broad SMARTS) is 1. The fourth-order valence-electron chi connectivity index (χ4n) is 0.615. The average Bonchev–Trinajstić information content (AvgIpc) is 2.08. The number of nitrogens with zero attached hydrogens (tertiary/aromatic N) is 1. The second kappa shape index (κ2) is 5.04. The maximum Gasteiger partial charge on any atom is 0.328 e. The van der Waals surface area contributed by atoms with Crippen molar-refractivity contribution in [3.63, 3.8) is 0 Å². The van der Waals surface area contributed by atoms with E-state index in [4.69, 9.17) is 5.11 Å². The van der Waals surface area contributed by atoms with Crippen molar-refractivity contribution in [2.75, 3.05) is 0 Å². The van der Waals surface area contributed by atoms with E-state index in [1.54, 1.807) is 12.3 Å². The number of hydrogen-bond acceptors (Lipinski definition) is 3. The molecule has 0 aliphatic heterocycles. The predicted octanol–water partition coefficient (Wildman–Crippen LogP) is 2.53. The van der Waals surface area contributed by atoms with Crippen LogP contribution in [0, 0.1) is 0 Å². The van der Waals surface area contributed by atoms with Gasteiger partial charge in [0.25, 0.3) is 0 Å². The van der Waals surface area contributed by atoms with Crippen LogP contribution in [0.25, 0.3) is 0 Å². The van der Waals surface area contributed by atoms with Gasteiger partial charge in [-0.15, -0.1) is 0 Å². The molecule has 0 spiro atoms. The van der Waals surface area contributed by atoms with E-state index >= 15 is 0 Å². The van der Waals surface area contributed by atoms with Gasteiger partial charge in [-0.3, -0.25) is 0 Å². The molecular weight excluding hydrogens is 254 g/mol. The third-order valence-corrected chi connectivity index (χ3v) is 2.84. The van der Waals surface area contributed by atoms with E-state index in [9.17, 15) is 4.79 Å². The Labute approximate surface area is 88.0 Å². The fourth-order valence-corrected chi connectivity index (χ4v) is 1.77. The first-order chi connectivity index (χ1) is 6.20. The van der Waals surface area contributed by atoms with Crippen LogP contribution in [0.5, 0.6) is 0 Å². The lowest BCUT2D eigenvalue weighted by Gasteiger charge is -1.96. The molecule has 5 heteroatoms. The maximum absolute atomic E-state index is 10.1. The van der Waals surface area contributed by atoms with E-state index in [1.807, 2.05) is 6.07 Å².